The number of anilines is 1. The largest absolute Gasteiger partial charge is 0.327 e. The van der Waals surface area contributed by atoms with Crippen LogP contribution in [0.15, 0.2) is 24.3 Å². The monoisotopic (exact) mass is 323 g/mol. The molecule has 0 bridgehead atoms. The van der Waals surface area contributed by atoms with Gasteiger partial charge in [-0.2, -0.15) is 0 Å². The summed E-state index contributed by atoms with van der Waals surface area (Å²) in [6.45, 7) is 1.97. The number of aryl methyl sites for hydroxylation is 2. The lowest BCUT2D eigenvalue weighted by Crippen LogP contribution is -2.27. The van der Waals surface area contributed by atoms with Crippen molar-refractivity contribution in [2.75, 3.05) is 5.32 Å². The molecule has 1 aromatic carbocycles. The first kappa shape index (κ1) is 15.9. The van der Waals surface area contributed by atoms with Gasteiger partial charge in [0.25, 0.3) is 5.91 Å². The predicted molar refractivity (Wildman–Crippen MR) is 88.5 cm³/mol. The van der Waals surface area contributed by atoms with Crippen LogP contribution in [-0.4, -0.2) is 16.9 Å². The summed E-state index contributed by atoms with van der Waals surface area (Å²) in [6, 6.07) is 7.77. The maximum Gasteiger partial charge on any atom is 0.257 e. The van der Waals surface area contributed by atoms with Gasteiger partial charge in [0.05, 0.1) is 5.69 Å². The standard InChI is InChI=1S/C15H17N3OS.ClH/c1-9-3-2-4-10(7-9)14(19)18-15-17-12-6-5-11(16)8-13(12)20-15;/h2-4,7,11H,5-6,8,16H2,1H3,(H,17,18,19);1H/t11-;/m0./s1. The fourth-order valence-electron chi connectivity index (χ4n) is 2.41. The van der Waals surface area contributed by atoms with E-state index in [1.807, 2.05) is 31.2 Å². The molecule has 1 heterocycles. The van der Waals surface area contributed by atoms with E-state index in [9.17, 15) is 4.79 Å². The predicted octanol–water partition coefficient (Wildman–Crippen LogP) is 2.94. The Bertz CT molecular complexity index is 656. The summed E-state index contributed by atoms with van der Waals surface area (Å²) in [5, 5.41) is 3.56. The van der Waals surface area contributed by atoms with E-state index in [2.05, 4.69) is 10.3 Å². The first-order chi connectivity index (χ1) is 9.61. The molecule has 0 unspecified atom stereocenters. The summed E-state index contributed by atoms with van der Waals surface area (Å²) in [5.74, 6) is -0.107. The molecule has 21 heavy (non-hydrogen) atoms. The first-order valence-electron chi connectivity index (χ1n) is 6.74. The van der Waals surface area contributed by atoms with Crippen molar-refractivity contribution in [1.82, 2.24) is 4.98 Å². The Balaban J connectivity index is 0.00000161. The molecule has 0 saturated heterocycles. The van der Waals surface area contributed by atoms with Crippen LogP contribution in [0, 0.1) is 6.92 Å². The maximum absolute atomic E-state index is 12.2. The molecule has 1 aliphatic carbocycles. The lowest BCUT2D eigenvalue weighted by molar-refractivity contribution is 0.102. The average molecular weight is 324 g/mol. The zero-order valence-electron chi connectivity index (χ0n) is 11.8. The van der Waals surface area contributed by atoms with Gasteiger partial charge in [-0.15, -0.1) is 23.7 Å². The van der Waals surface area contributed by atoms with Gasteiger partial charge in [-0.05, 0) is 38.3 Å². The number of nitrogens with one attached hydrogen (secondary N) is 1. The number of amides is 1. The molecule has 1 atom stereocenters. The minimum Gasteiger partial charge on any atom is -0.327 e. The van der Waals surface area contributed by atoms with Crippen molar-refractivity contribution in [3.05, 3.63) is 46.0 Å². The van der Waals surface area contributed by atoms with Crippen molar-refractivity contribution >= 4 is 34.8 Å². The van der Waals surface area contributed by atoms with E-state index in [0.29, 0.717) is 10.7 Å². The number of hydrogen-bond acceptors (Lipinski definition) is 4. The van der Waals surface area contributed by atoms with Crippen LogP contribution in [0.5, 0.6) is 0 Å². The lowest BCUT2D eigenvalue weighted by atomic mass is 9.99. The second kappa shape index (κ2) is 6.56. The fourth-order valence-corrected chi connectivity index (χ4v) is 3.51. The minimum atomic E-state index is -0.107. The van der Waals surface area contributed by atoms with Gasteiger partial charge in [0, 0.05) is 16.5 Å². The molecule has 0 aliphatic heterocycles. The van der Waals surface area contributed by atoms with E-state index in [-0.39, 0.29) is 24.4 Å². The number of thiazole rings is 1. The topological polar surface area (TPSA) is 68.0 Å². The van der Waals surface area contributed by atoms with E-state index in [1.54, 1.807) is 11.3 Å². The molecule has 4 nitrogen and oxygen atoms in total. The van der Waals surface area contributed by atoms with Crippen LogP contribution in [-0.2, 0) is 12.8 Å². The summed E-state index contributed by atoms with van der Waals surface area (Å²) in [5.41, 5.74) is 8.79. The normalized spacial score (nSPS) is 16.8. The van der Waals surface area contributed by atoms with Crippen LogP contribution in [0.2, 0.25) is 0 Å². The van der Waals surface area contributed by atoms with E-state index in [1.165, 1.54) is 4.88 Å². The van der Waals surface area contributed by atoms with Gasteiger partial charge in [-0.3, -0.25) is 10.1 Å². The zero-order chi connectivity index (χ0) is 14.1. The summed E-state index contributed by atoms with van der Waals surface area (Å²) in [7, 11) is 0. The van der Waals surface area contributed by atoms with Crippen molar-refractivity contribution in [3.63, 3.8) is 0 Å². The highest BCUT2D eigenvalue weighted by Gasteiger charge is 2.20. The van der Waals surface area contributed by atoms with Gasteiger partial charge in [-0.1, -0.05) is 17.7 Å². The number of nitrogens with zero attached hydrogens (tertiary/aromatic N) is 1. The average Bonchev–Trinajstić information content (AvgIpc) is 2.80. The molecule has 6 heteroatoms. The molecule has 2 aromatic rings. The van der Waals surface area contributed by atoms with E-state index in [4.69, 9.17) is 5.73 Å². The molecule has 1 aromatic heterocycles. The Morgan fingerprint density at radius 3 is 3.05 bits per heavy atom. The highest BCUT2D eigenvalue weighted by molar-refractivity contribution is 7.15. The number of carbonyl (C=O) groups is 1. The minimum absolute atomic E-state index is 0. The molecule has 3 N–H and O–H groups in total. The highest BCUT2D eigenvalue weighted by atomic mass is 35.5. The Kier molecular flexibility index (Phi) is 4.98. The Morgan fingerprint density at radius 1 is 1.48 bits per heavy atom. The lowest BCUT2D eigenvalue weighted by Gasteiger charge is -2.15. The molecule has 0 fully saturated rings. The number of hydrogen-bond donors (Lipinski definition) is 2. The fraction of sp³-hybridized carbons (Fsp3) is 0.333. The quantitative estimate of drug-likeness (QED) is 0.892. The van der Waals surface area contributed by atoms with Crippen LogP contribution in [0.3, 0.4) is 0 Å². The van der Waals surface area contributed by atoms with Crippen LogP contribution in [0.1, 0.15) is 32.9 Å². The van der Waals surface area contributed by atoms with Gasteiger partial charge < -0.3 is 5.73 Å². The summed E-state index contributed by atoms with van der Waals surface area (Å²) >= 11 is 1.54. The molecule has 1 amide bonds. The Labute approximate surface area is 134 Å². The molecule has 1 aliphatic rings. The van der Waals surface area contributed by atoms with E-state index in [0.717, 1.165) is 30.5 Å². The number of aromatic nitrogens is 1. The number of nitrogens with two attached hydrogens (primary N) is 1. The number of rotatable bonds is 2. The third-order valence-electron chi connectivity index (χ3n) is 3.48. The van der Waals surface area contributed by atoms with Crippen molar-refractivity contribution in [2.45, 2.75) is 32.2 Å². The Hall–Kier alpha value is -1.43. The van der Waals surface area contributed by atoms with Gasteiger partial charge in [-0.25, -0.2) is 4.98 Å². The van der Waals surface area contributed by atoms with Gasteiger partial charge in [0.2, 0.25) is 0 Å². The highest BCUT2D eigenvalue weighted by Crippen LogP contribution is 2.29. The number of fused-ring (bicyclic) bond motifs is 1. The summed E-state index contributed by atoms with van der Waals surface area (Å²) in [4.78, 5) is 17.9. The van der Waals surface area contributed by atoms with Gasteiger partial charge >= 0.3 is 0 Å². The second-order valence-electron chi connectivity index (χ2n) is 5.22. The Morgan fingerprint density at radius 2 is 2.29 bits per heavy atom. The van der Waals surface area contributed by atoms with Crippen LogP contribution in [0.4, 0.5) is 5.13 Å². The van der Waals surface area contributed by atoms with E-state index >= 15 is 0 Å². The molecular formula is C15H18ClN3OS. The smallest absolute Gasteiger partial charge is 0.257 e. The van der Waals surface area contributed by atoms with E-state index < -0.39 is 0 Å². The van der Waals surface area contributed by atoms with Gasteiger partial charge in [0.1, 0.15) is 0 Å². The molecule has 3 rings (SSSR count). The number of halogens is 1. The third kappa shape index (κ3) is 3.61. The SMILES string of the molecule is Cc1cccc(C(=O)Nc2nc3c(s2)C[C@@H](N)CC3)c1.Cl. The summed E-state index contributed by atoms with van der Waals surface area (Å²) in [6.07, 6.45) is 2.75. The molecule has 0 radical (unpaired) electrons. The zero-order valence-corrected chi connectivity index (χ0v) is 13.4. The van der Waals surface area contributed by atoms with Crippen LogP contribution >= 0.6 is 23.7 Å². The van der Waals surface area contributed by atoms with Crippen molar-refractivity contribution in [2.24, 2.45) is 5.73 Å². The first-order valence-corrected chi connectivity index (χ1v) is 7.55. The van der Waals surface area contributed by atoms with Crippen molar-refractivity contribution in [1.29, 1.82) is 0 Å². The third-order valence-corrected chi connectivity index (χ3v) is 4.51. The number of benzene rings is 1. The molecule has 112 valence electrons. The number of carbonyl (C=O) groups excluding carboxylic acids is 1. The van der Waals surface area contributed by atoms with Crippen molar-refractivity contribution in [3.8, 4) is 0 Å². The summed E-state index contributed by atoms with van der Waals surface area (Å²) < 4.78 is 0. The maximum atomic E-state index is 12.2. The van der Waals surface area contributed by atoms with Crippen molar-refractivity contribution < 1.29 is 4.79 Å². The van der Waals surface area contributed by atoms with Gasteiger partial charge in [0.15, 0.2) is 5.13 Å². The van der Waals surface area contributed by atoms with Crippen LogP contribution < -0.4 is 11.1 Å². The van der Waals surface area contributed by atoms with Crippen LogP contribution in [0.25, 0.3) is 0 Å². The molecule has 0 saturated carbocycles. The second-order valence-corrected chi connectivity index (χ2v) is 6.30. The molecular weight excluding hydrogens is 306 g/mol. The molecule has 0 spiro atoms.